The highest BCUT2D eigenvalue weighted by molar-refractivity contribution is 14.1. The molecule has 0 saturated carbocycles. The van der Waals surface area contributed by atoms with E-state index in [1.165, 1.54) is 5.56 Å². The lowest BCUT2D eigenvalue weighted by Gasteiger charge is -2.10. The van der Waals surface area contributed by atoms with Gasteiger partial charge in [-0.1, -0.05) is 13.3 Å². The van der Waals surface area contributed by atoms with Gasteiger partial charge < -0.3 is 5.11 Å². The van der Waals surface area contributed by atoms with Gasteiger partial charge >= 0.3 is 0 Å². The van der Waals surface area contributed by atoms with Crippen molar-refractivity contribution >= 4 is 56.1 Å². The van der Waals surface area contributed by atoms with Crippen LogP contribution in [0.3, 0.4) is 0 Å². The van der Waals surface area contributed by atoms with E-state index in [0.717, 1.165) is 36.6 Å². The molecule has 1 aromatic heterocycles. The molecular weight excluding hydrogens is 440 g/mol. The predicted molar refractivity (Wildman–Crippen MR) is 87.6 cm³/mol. The van der Waals surface area contributed by atoms with E-state index in [0.29, 0.717) is 5.75 Å². The molecule has 0 aliphatic heterocycles. The van der Waals surface area contributed by atoms with Crippen LogP contribution >= 0.6 is 45.2 Å². The van der Waals surface area contributed by atoms with Crippen LogP contribution in [0, 0.1) is 14.1 Å². The first-order chi connectivity index (χ1) is 8.04. The topological polar surface area (TPSA) is 33.1 Å². The summed E-state index contributed by atoms with van der Waals surface area (Å²) in [5.74, 6) is 0.298. The molecule has 0 fully saturated rings. The molecule has 2 aromatic rings. The SMILES string of the molecule is CCCc1cc2c(I)cc(I)c(O)c2nc1C. The fourth-order valence-corrected chi connectivity index (χ4v) is 3.79. The maximum atomic E-state index is 10.1. The molecule has 1 aromatic carbocycles. The number of fused-ring (bicyclic) bond motifs is 1. The van der Waals surface area contributed by atoms with Crippen LogP contribution in [0.2, 0.25) is 0 Å². The van der Waals surface area contributed by atoms with Crippen LogP contribution in [0.5, 0.6) is 5.75 Å². The Morgan fingerprint density at radius 3 is 2.59 bits per heavy atom. The number of nitrogens with zero attached hydrogens (tertiary/aromatic N) is 1. The van der Waals surface area contributed by atoms with E-state index in [-0.39, 0.29) is 0 Å². The van der Waals surface area contributed by atoms with Crippen molar-refractivity contribution in [3.05, 3.63) is 30.5 Å². The third-order valence-corrected chi connectivity index (χ3v) is 4.51. The zero-order valence-electron chi connectivity index (χ0n) is 9.72. The summed E-state index contributed by atoms with van der Waals surface area (Å²) in [4.78, 5) is 4.56. The molecule has 4 heteroatoms. The molecular formula is C13H13I2NO. The van der Waals surface area contributed by atoms with Crippen LogP contribution in [0.1, 0.15) is 24.6 Å². The fraction of sp³-hybridized carbons (Fsp3) is 0.308. The summed E-state index contributed by atoms with van der Waals surface area (Å²) >= 11 is 4.44. The molecule has 2 nitrogen and oxygen atoms in total. The van der Waals surface area contributed by atoms with Gasteiger partial charge in [-0.25, -0.2) is 4.98 Å². The van der Waals surface area contributed by atoms with Gasteiger partial charge in [-0.2, -0.15) is 0 Å². The van der Waals surface area contributed by atoms with Crippen molar-refractivity contribution in [2.45, 2.75) is 26.7 Å². The Balaban J connectivity index is 2.78. The summed E-state index contributed by atoms with van der Waals surface area (Å²) < 4.78 is 2.00. The number of rotatable bonds is 2. The number of pyridine rings is 1. The molecule has 0 aliphatic carbocycles. The van der Waals surface area contributed by atoms with Crippen LogP contribution in [0.15, 0.2) is 12.1 Å². The van der Waals surface area contributed by atoms with E-state index in [1.807, 2.05) is 13.0 Å². The van der Waals surface area contributed by atoms with Gasteiger partial charge in [0.2, 0.25) is 0 Å². The van der Waals surface area contributed by atoms with E-state index in [4.69, 9.17) is 0 Å². The third kappa shape index (κ3) is 2.52. The highest BCUT2D eigenvalue weighted by Crippen LogP contribution is 2.33. The minimum Gasteiger partial charge on any atom is -0.505 e. The largest absolute Gasteiger partial charge is 0.505 e. The Morgan fingerprint density at radius 2 is 1.94 bits per heavy atom. The molecule has 0 unspecified atom stereocenters. The number of hydrogen-bond donors (Lipinski definition) is 1. The number of phenolic OH excluding ortho intramolecular Hbond substituents is 1. The number of hydrogen-bond acceptors (Lipinski definition) is 2. The van der Waals surface area contributed by atoms with Gasteiger partial charge in [0.05, 0.1) is 3.57 Å². The van der Waals surface area contributed by atoms with Crippen molar-refractivity contribution in [1.29, 1.82) is 0 Å². The molecule has 0 amide bonds. The van der Waals surface area contributed by atoms with E-state index in [1.54, 1.807) is 0 Å². The van der Waals surface area contributed by atoms with E-state index in [2.05, 4.69) is 63.2 Å². The van der Waals surface area contributed by atoms with Gasteiger partial charge in [-0.05, 0) is 76.2 Å². The minimum atomic E-state index is 0.298. The Labute approximate surface area is 128 Å². The maximum absolute atomic E-state index is 10.1. The number of aryl methyl sites for hydroxylation is 2. The minimum absolute atomic E-state index is 0.298. The molecule has 1 heterocycles. The molecule has 0 radical (unpaired) electrons. The highest BCUT2D eigenvalue weighted by atomic mass is 127. The third-order valence-electron chi connectivity index (χ3n) is 2.80. The van der Waals surface area contributed by atoms with Crippen LogP contribution < -0.4 is 0 Å². The van der Waals surface area contributed by atoms with E-state index in [9.17, 15) is 5.11 Å². The molecule has 0 aliphatic rings. The van der Waals surface area contributed by atoms with Crippen molar-refractivity contribution in [3.8, 4) is 5.75 Å². The highest BCUT2D eigenvalue weighted by Gasteiger charge is 2.12. The summed E-state index contributed by atoms with van der Waals surface area (Å²) in [6.45, 7) is 4.18. The molecule has 2 rings (SSSR count). The lowest BCUT2D eigenvalue weighted by atomic mass is 10.1. The normalized spacial score (nSPS) is 11.1. The average Bonchev–Trinajstić information content (AvgIpc) is 2.28. The van der Waals surface area contributed by atoms with E-state index >= 15 is 0 Å². The van der Waals surface area contributed by atoms with Crippen molar-refractivity contribution < 1.29 is 5.11 Å². The van der Waals surface area contributed by atoms with Crippen LogP contribution in [0.25, 0.3) is 10.9 Å². The molecule has 0 bridgehead atoms. The summed E-state index contributed by atoms with van der Waals surface area (Å²) in [5, 5.41) is 11.1. The van der Waals surface area contributed by atoms with Crippen molar-refractivity contribution in [3.63, 3.8) is 0 Å². The molecule has 1 N–H and O–H groups in total. The van der Waals surface area contributed by atoms with Gasteiger partial charge in [0.15, 0.2) is 5.75 Å². The Morgan fingerprint density at radius 1 is 1.24 bits per heavy atom. The van der Waals surface area contributed by atoms with Crippen molar-refractivity contribution in [2.75, 3.05) is 0 Å². The number of halogens is 2. The first-order valence-corrected chi connectivity index (χ1v) is 7.67. The second kappa shape index (κ2) is 5.26. The van der Waals surface area contributed by atoms with Crippen molar-refractivity contribution in [1.82, 2.24) is 4.98 Å². The van der Waals surface area contributed by atoms with Gasteiger partial charge in [0.25, 0.3) is 0 Å². The summed E-state index contributed by atoms with van der Waals surface area (Å²) in [5.41, 5.74) is 3.02. The summed E-state index contributed by atoms with van der Waals surface area (Å²) in [7, 11) is 0. The standard InChI is InChI=1S/C13H13I2NO/c1-3-4-8-5-9-10(14)6-11(15)13(17)12(9)16-7(8)2/h5-6,17H,3-4H2,1-2H3. The van der Waals surface area contributed by atoms with Gasteiger partial charge in [0, 0.05) is 14.7 Å². The number of benzene rings is 1. The first kappa shape index (κ1) is 13.3. The second-order valence-corrected chi connectivity index (χ2v) is 6.39. The molecule has 0 spiro atoms. The van der Waals surface area contributed by atoms with Crippen molar-refractivity contribution in [2.24, 2.45) is 0 Å². The lowest BCUT2D eigenvalue weighted by Crippen LogP contribution is -1.96. The monoisotopic (exact) mass is 453 g/mol. The Bertz CT molecular complexity index is 581. The second-order valence-electron chi connectivity index (χ2n) is 4.07. The molecule has 90 valence electrons. The molecule has 0 saturated heterocycles. The quantitative estimate of drug-likeness (QED) is 0.684. The number of aromatic hydroxyl groups is 1. The van der Waals surface area contributed by atoms with Gasteiger partial charge in [0.1, 0.15) is 5.52 Å². The summed E-state index contributed by atoms with van der Waals surface area (Å²) in [6.07, 6.45) is 2.15. The number of phenols is 1. The van der Waals surface area contributed by atoms with E-state index < -0.39 is 0 Å². The van der Waals surface area contributed by atoms with Crippen LogP contribution in [-0.4, -0.2) is 10.1 Å². The predicted octanol–water partition coefficient (Wildman–Crippen LogP) is 4.41. The smallest absolute Gasteiger partial charge is 0.155 e. The Kier molecular flexibility index (Phi) is 4.12. The molecule has 17 heavy (non-hydrogen) atoms. The summed E-state index contributed by atoms with van der Waals surface area (Å²) in [6, 6.07) is 4.16. The average molecular weight is 453 g/mol. The fourth-order valence-electron chi connectivity index (χ4n) is 1.90. The van der Waals surface area contributed by atoms with Crippen LogP contribution in [0.4, 0.5) is 0 Å². The lowest BCUT2D eigenvalue weighted by molar-refractivity contribution is 0.476. The zero-order valence-corrected chi connectivity index (χ0v) is 14.0. The zero-order chi connectivity index (χ0) is 12.6. The number of aromatic nitrogens is 1. The molecule has 0 atom stereocenters. The Hall–Kier alpha value is -0.110. The van der Waals surface area contributed by atoms with Crippen LogP contribution in [-0.2, 0) is 6.42 Å². The maximum Gasteiger partial charge on any atom is 0.155 e. The first-order valence-electron chi connectivity index (χ1n) is 5.51. The van der Waals surface area contributed by atoms with Gasteiger partial charge in [-0.15, -0.1) is 0 Å². The van der Waals surface area contributed by atoms with Gasteiger partial charge in [-0.3, -0.25) is 0 Å².